The van der Waals surface area contributed by atoms with Crippen molar-refractivity contribution in [2.75, 3.05) is 18.1 Å². The lowest BCUT2D eigenvalue weighted by atomic mass is 9.91. The molecule has 2 rings (SSSR count). The molecule has 0 spiro atoms. The highest BCUT2D eigenvalue weighted by Gasteiger charge is 2.28. The Bertz CT molecular complexity index is 374. The zero-order valence-corrected chi connectivity index (χ0v) is 10.8. The molecule has 1 aliphatic rings. The number of hydrogen-bond donors (Lipinski definition) is 1. The smallest absolute Gasteiger partial charge is 0.132 e. The number of aryl methyl sites for hydroxylation is 2. The van der Waals surface area contributed by atoms with E-state index in [4.69, 9.17) is 0 Å². The molecule has 0 aliphatic carbocycles. The Morgan fingerprint density at radius 1 is 1.41 bits per heavy atom. The van der Waals surface area contributed by atoms with Crippen LogP contribution in [-0.2, 0) is 0 Å². The van der Waals surface area contributed by atoms with Gasteiger partial charge in [0.2, 0.25) is 0 Å². The number of aliphatic hydroxyl groups is 1. The Labute approximate surface area is 103 Å². The molecule has 1 fully saturated rings. The van der Waals surface area contributed by atoms with Crippen LogP contribution in [0.2, 0.25) is 0 Å². The van der Waals surface area contributed by atoms with Gasteiger partial charge in [-0.05, 0) is 32.6 Å². The number of nitrogens with zero attached hydrogens (tertiary/aromatic N) is 3. The minimum absolute atomic E-state index is 0.192. The van der Waals surface area contributed by atoms with Crippen LogP contribution in [0.15, 0.2) is 6.07 Å². The van der Waals surface area contributed by atoms with E-state index in [0.717, 1.165) is 23.9 Å². The maximum Gasteiger partial charge on any atom is 0.132 e. The van der Waals surface area contributed by atoms with Crippen molar-refractivity contribution < 1.29 is 5.11 Å². The van der Waals surface area contributed by atoms with E-state index in [0.29, 0.717) is 5.92 Å². The van der Waals surface area contributed by atoms with Gasteiger partial charge in [-0.1, -0.05) is 6.92 Å². The lowest BCUT2D eigenvalue weighted by molar-refractivity contribution is 0.202. The largest absolute Gasteiger partial charge is 0.394 e. The fourth-order valence-corrected chi connectivity index (χ4v) is 2.66. The molecule has 0 bridgehead atoms. The summed E-state index contributed by atoms with van der Waals surface area (Å²) in [5.41, 5.74) is 0.988. The Hall–Kier alpha value is -1.16. The minimum Gasteiger partial charge on any atom is -0.394 e. The molecule has 0 aromatic carbocycles. The normalized spacial score (nSPS) is 25.1. The van der Waals surface area contributed by atoms with Crippen molar-refractivity contribution >= 4 is 5.82 Å². The number of anilines is 1. The predicted octanol–water partition coefficient (Wildman–Crippen LogP) is 1.69. The zero-order chi connectivity index (χ0) is 12.4. The lowest BCUT2D eigenvalue weighted by Gasteiger charge is -2.40. The van der Waals surface area contributed by atoms with Gasteiger partial charge >= 0.3 is 0 Å². The second-order valence-electron chi connectivity index (χ2n) is 4.98. The molecular weight excluding hydrogens is 214 g/mol. The van der Waals surface area contributed by atoms with Crippen molar-refractivity contribution in [3.63, 3.8) is 0 Å². The molecule has 0 saturated carbocycles. The van der Waals surface area contributed by atoms with Crippen molar-refractivity contribution in [2.45, 2.75) is 39.7 Å². The molecule has 0 radical (unpaired) electrons. The van der Waals surface area contributed by atoms with E-state index in [1.807, 2.05) is 19.9 Å². The quantitative estimate of drug-likeness (QED) is 0.847. The first-order chi connectivity index (χ1) is 8.11. The standard InChI is InChI=1S/C13H21N3O/c1-9-5-4-6-16(12(9)8-17)13-7-10(2)14-11(3)15-13/h7,9,12,17H,4-6,8H2,1-3H3/t9-,12+/m0/s1. The van der Waals surface area contributed by atoms with E-state index in [9.17, 15) is 5.11 Å². The molecule has 1 aliphatic heterocycles. The first-order valence-electron chi connectivity index (χ1n) is 6.31. The Kier molecular flexibility index (Phi) is 3.62. The van der Waals surface area contributed by atoms with Crippen LogP contribution in [0, 0.1) is 19.8 Å². The maximum atomic E-state index is 9.55. The fourth-order valence-electron chi connectivity index (χ4n) is 2.66. The second-order valence-corrected chi connectivity index (χ2v) is 4.98. The SMILES string of the molecule is Cc1cc(N2CCC[C@H](C)[C@H]2CO)nc(C)n1. The summed E-state index contributed by atoms with van der Waals surface area (Å²) >= 11 is 0. The van der Waals surface area contributed by atoms with Gasteiger partial charge in [0, 0.05) is 18.3 Å². The fraction of sp³-hybridized carbons (Fsp3) is 0.692. The summed E-state index contributed by atoms with van der Waals surface area (Å²) in [4.78, 5) is 11.0. The summed E-state index contributed by atoms with van der Waals surface area (Å²) in [6.45, 7) is 7.28. The van der Waals surface area contributed by atoms with Crippen LogP contribution in [0.5, 0.6) is 0 Å². The average Bonchev–Trinajstić information content (AvgIpc) is 2.27. The average molecular weight is 235 g/mol. The minimum atomic E-state index is 0.192. The van der Waals surface area contributed by atoms with Crippen LogP contribution in [-0.4, -0.2) is 34.3 Å². The van der Waals surface area contributed by atoms with E-state index in [1.165, 1.54) is 12.8 Å². The van der Waals surface area contributed by atoms with Crippen molar-refractivity contribution in [1.29, 1.82) is 0 Å². The Balaban J connectivity index is 2.30. The van der Waals surface area contributed by atoms with Crippen molar-refractivity contribution in [2.24, 2.45) is 5.92 Å². The number of aliphatic hydroxyl groups excluding tert-OH is 1. The molecule has 4 nitrogen and oxygen atoms in total. The first-order valence-corrected chi connectivity index (χ1v) is 6.31. The van der Waals surface area contributed by atoms with Crippen molar-refractivity contribution in [1.82, 2.24) is 9.97 Å². The van der Waals surface area contributed by atoms with Gasteiger partial charge in [-0.2, -0.15) is 0 Å². The number of hydrogen-bond acceptors (Lipinski definition) is 4. The first kappa shape index (κ1) is 12.3. The van der Waals surface area contributed by atoms with Gasteiger partial charge in [0.1, 0.15) is 11.6 Å². The van der Waals surface area contributed by atoms with Crippen LogP contribution in [0.1, 0.15) is 31.3 Å². The second kappa shape index (κ2) is 5.00. The van der Waals surface area contributed by atoms with Crippen LogP contribution in [0.25, 0.3) is 0 Å². The Morgan fingerprint density at radius 2 is 2.18 bits per heavy atom. The number of rotatable bonds is 2. The van der Waals surface area contributed by atoms with Crippen molar-refractivity contribution in [3.8, 4) is 0 Å². The van der Waals surface area contributed by atoms with Gasteiger partial charge in [-0.25, -0.2) is 9.97 Å². The molecule has 2 heterocycles. The summed E-state index contributed by atoms with van der Waals surface area (Å²) in [6.07, 6.45) is 2.35. The molecule has 1 aromatic heterocycles. The zero-order valence-electron chi connectivity index (χ0n) is 10.8. The molecule has 1 aromatic rings. The topological polar surface area (TPSA) is 49.2 Å². The molecular formula is C13H21N3O. The van der Waals surface area contributed by atoms with Gasteiger partial charge in [0.25, 0.3) is 0 Å². The molecule has 0 amide bonds. The molecule has 1 N–H and O–H groups in total. The highest BCUT2D eigenvalue weighted by molar-refractivity contribution is 5.41. The summed E-state index contributed by atoms with van der Waals surface area (Å²) in [5, 5.41) is 9.55. The molecule has 17 heavy (non-hydrogen) atoms. The molecule has 1 saturated heterocycles. The van der Waals surface area contributed by atoms with Gasteiger partial charge in [-0.15, -0.1) is 0 Å². The van der Waals surface area contributed by atoms with Crippen LogP contribution >= 0.6 is 0 Å². The Morgan fingerprint density at radius 3 is 2.82 bits per heavy atom. The van der Waals surface area contributed by atoms with Gasteiger partial charge in [-0.3, -0.25) is 0 Å². The maximum absolute atomic E-state index is 9.55. The van der Waals surface area contributed by atoms with Gasteiger partial charge < -0.3 is 10.0 Å². The predicted molar refractivity (Wildman–Crippen MR) is 68.1 cm³/mol. The molecule has 2 atom stereocenters. The van der Waals surface area contributed by atoms with Crippen molar-refractivity contribution in [3.05, 3.63) is 17.6 Å². The summed E-state index contributed by atoms with van der Waals surface area (Å²) in [7, 11) is 0. The van der Waals surface area contributed by atoms with E-state index in [2.05, 4.69) is 21.8 Å². The third kappa shape index (κ3) is 2.57. The monoisotopic (exact) mass is 235 g/mol. The summed E-state index contributed by atoms with van der Waals surface area (Å²) in [6, 6.07) is 2.20. The number of piperidine rings is 1. The highest BCUT2D eigenvalue weighted by atomic mass is 16.3. The number of aromatic nitrogens is 2. The molecule has 94 valence electrons. The third-order valence-electron chi connectivity index (χ3n) is 3.55. The molecule has 4 heteroatoms. The van der Waals surface area contributed by atoms with E-state index in [1.54, 1.807) is 0 Å². The molecule has 0 unspecified atom stereocenters. The lowest BCUT2D eigenvalue weighted by Crippen LogP contribution is -2.47. The van der Waals surface area contributed by atoms with Gasteiger partial charge in [0.15, 0.2) is 0 Å². The van der Waals surface area contributed by atoms with E-state index in [-0.39, 0.29) is 12.6 Å². The third-order valence-corrected chi connectivity index (χ3v) is 3.55. The summed E-state index contributed by atoms with van der Waals surface area (Å²) in [5.74, 6) is 2.28. The highest BCUT2D eigenvalue weighted by Crippen LogP contribution is 2.27. The van der Waals surface area contributed by atoms with Crippen LogP contribution in [0.3, 0.4) is 0 Å². The van der Waals surface area contributed by atoms with Crippen LogP contribution in [0.4, 0.5) is 5.82 Å². The van der Waals surface area contributed by atoms with E-state index < -0.39 is 0 Å². The van der Waals surface area contributed by atoms with Crippen LogP contribution < -0.4 is 4.90 Å². The summed E-state index contributed by atoms with van der Waals surface area (Å²) < 4.78 is 0. The van der Waals surface area contributed by atoms with Gasteiger partial charge in [0.05, 0.1) is 12.6 Å². The van der Waals surface area contributed by atoms with E-state index >= 15 is 0 Å².